The van der Waals surface area contributed by atoms with E-state index in [4.69, 9.17) is 31.9 Å². The quantitative estimate of drug-likeness (QED) is 0.285. The highest BCUT2D eigenvalue weighted by Crippen LogP contribution is 2.34. The molecular weight excluding hydrogens is 515 g/mol. The van der Waals surface area contributed by atoms with E-state index in [1.807, 2.05) is 13.8 Å². The molecule has 0 saturated heterocycles. The predicted octanol–water partition coefficient (Wildman–Crippen LogP) is 5.08. The number of Topliss-reactive ketones (excluding diaryl/α,β-unsaturated/α-hetero) is 1. The lowest BCUT2D eigenvalue weighted by atomic mass is 9.88. The number of rotatable bonds is 11. The van der Waals surface area contributed by atoms with Crippen molar-refractivity contribution in [2.24, 2.45) is 5.73 Å². The minimum Gasteiger partial charge on any atom is -0.493 e. The zero-order valence-corrected chi connectivity index (χ0v) is 22.3. The molecule has 38 heavy (non-hydrogen) atoms. The average Bonchev–Trinajstić information content (AvgIpc) is 2.86. The van der Waals surface area contributed by atoms with Crippen LogP contribution in [0.15, 0.2) is 48.5 Å². The number of ether oxygens (including phenoxy) is 2. The summed E-state index contributed by atoms with van der Waals surface area (Å²) in [6.45, 7) is 4.62. The van der Waals surface area contributed by atoms with Gasteiger partial charge in [0.15, 0.2) is 23.9 Å². The smallest absolute Gasteiger partial charge is 0.341 e. The van der Waals surface area contributed by atoms with Crippen LogP contribution in [0, 0.1) is 5.82 Å². The second-order valence-corrected chi connectivity index (χ2v) is 10.1. The number of aliphatic hydroxyl groups is 1. The van der Waals surface area contributed by atoms with Gasteiger partial charge in [-0.25, -0.2) is 14.2 Å². The molecule has 0 saturated carbocycles. The molecule has 4 N–H and O–H groups in total. The van der Waals surface area contributed by atoms with Gasteiger partial charge in [-0.15, -0.1) is 0 Å². The lowest BCUT2D eigenvalue weighted by Crippen LogP contribution is -2.31. The fourth-order valence-electron chi connectivity index (χ4n) is 3.71. The molecule has 0 radical (unpaired) electrons. The molecule has 8 nitrogen and oxygen atoms in total. The molecule has 3 aromatic rings. The van der Waals surface area contributed by atoms with Crippen molar-refractivity contribution in [3.63, 3.8) is 0 Å². The molecule has 1 heterocycles. The Bertz CT molecular complexity index is 1350. The van der Waals surface area contributed by atoms with Gasteiger partial charge in [0.1, 0.15) is 11.4 Å². The van der Waals surface area contributed by atoms with Crippen molar-refractivity contribution in [1.82, 2.24) is 4.98 Å². The topological polar surface area (TPSA) is 132 Å². The minimum atomic E-state index is -1.51. The van der Waals surface area contributed by atoms with Crippen molar-refractivity contribution in [2.45, 2.75) is 44.8 Å². The van der Waals surface area contributed by atoms with Crippen LogP contribution in [0.5, 0.6) is 11.5 Å². The number of pyridine rings is 1. The maximum atomic E-state index is 13.7. The number of hydrogen-bond acceptors (Lipinski definition) is 7. The Hall–Kier alpha value is -3.53. The lowest BCUT2D eigenvalue weighted by Gasteiger charge is -2.27. The van der Waals surface area contributed by atoms with Crippen molar-refractivity contribution in [2.75, 3.05) is 13.7 Å². The molecule has 0 amide bonds. The summed E-state index contributed by atoms with van der Waals surface area (Å²) >= 11 is 5.97. The first-order chi connectivity index (χ1) is 17.7. The first kappa shape index (κ1) is 29.0. The van der Waals surface area contributed by atoms with E-state index in [2.05, 4.69) is 4.98 Å². The van der Waals surface area contributed by atoms with E-state index >= 15 is 0 Å². The van der Waals surface area contributed by atoms with Crippen LogP contribution in [-0.2, 0) is 15.9 Å². The molecule has 0 aliphatic carbocycles. The number of nitrogens with two attached hydrogens (primary N) is 1. The molecule has 1 atom stereocenters. The van der Waals surface area contributed by atoms with Crippen molar-refractivity contribution in [1.29, 1.82) is 0 Å². The summed E-state index contributed by atoms with van der Waals surface area (Å²) in [5.41, 5.74) is 6.35. The number of halogens is 2. The largest absolute Gasteiger partial charge is 0.493 e. The number of aliphatic carboxylic acids is 1. The van der Waals surface area contributed by atoms with Crippen LogP contribution >= 0.6 is 11.6 Å². The first-order valence-corrected chi connectivity index (χ1v) is 12.1. The van der Waals surface area contributed by atoms with Crippen molar-refractivity contribution < 1.29 is 33.7 Å². The molecule has 202 valence electrons. The maximum Gasteiger partial charge on any atom is 0.341 e. The van der Waals surface area contributed by atoms with E-state index < -0.39 is 29.5 Å². The van der Waals surface area contributed by atoms with E-state index in [0.717, 1.165) is 0 Å². The minimum absolute atomic E-state index is 0.0267. The third-order valence-corrected chi connectivity index (χ3v) is 6.30. The first-order valence-electron chi connectivity index (χ1n) is 11.8. The number of carboxylic acid groups (broad SMARTS) is 1. The third kappa shape index (κ3) is 7.06. The Morgan fingerprint density at radius 1 is 1.08 bits per heavy atom. The molecule has 3 rings (SSSR count). The molecular formula is C28H30ClFN2O6. The molecule has 0 fully saturated rings. The van der Waals surface area contributed by atoms with E-state index in [0.29, 0.717) is 28.1 Å². The van der Waals surface area contributed by atoms with Gasteiger partial charge in [0, 0.05) is 23.1 Å². The van der Waals surface area contributed by atoms with Crippen LogP contribution in [0.2, 0.25) is 5.02 Å². The molecule has 0 aliphatic rings. The molecule has 0 spiro atoms. The summed E-state index contributed by atoms with van der Waals surface area (Å²) in [6.07, 6.45) is 0.0115. The third-order valence-electron chi connectivity index (χ3n) is 6.01. The van der Waals surface area contributed by atoms with E-state index in [1.54, 1.807) is 19.1 Å². The number of carboxylic acids is 1. The molecule has 2 aromatic carbocycles. The van der Waals surface area contributed by atoms with Crippen LogP contribution in [0.4, 0.5) is 4.39 Å². The number of nitrogens with zero attached hydrogens (tertiary/aromatic N) is 1. The number of methoxy groups -OCH3 is 1. The number of carbonyl (C=O) groups excluding carboxylic acids is 1. The standard InChI is InChI=1S/C28H30ClFN2O6/c1-27(2,31)18-13-21(16-5-7-20(30)19(29)11-16)32-25(14-18)28(3,36)10-9-22(33)17-6-8-23(24(12-17)37-4)38-15-26(34)35/h5-8,11-14,36H,9-10,15,31H2,1-4H3,(H,34,35). The fraction of sp³-hybridized carbons (Fsp3) is 0.321. The highest BCUT2D eigenvalue weighted by atomic mass is 35.5. The second kappa shape index (κ2) is 11.5. The van der Waals surface area contributed by atoms with Crippen LogP contribution < -0.4 is 15.2 Å². The summed E-state index contributed by atoms with van der Waals surface area (Å²) in [7, 11) is 1.38. The van der Waals surface area contributed by atoms with E-state index in [9.17, 15) is 19.1 Å². The number of ketones is 1. The van der Waals surface area contributed by atoms with Gasteiger partial charge < -0.3 is 25.4 Å². The maximum absolute atomic E-state index is 13.7. The zero-order valence-electron chi connectivity index (χ0n) is 21.5. The van der Waals surface area contributed by atoms with Crippen molar-refractivity contribution >= 4 is 23.4 Å². The van der Waals surface area contributed by atoms with Gasteiger partial charge in [-0.3, -0.25) is 4.79 Å². The van der Waals surface area contributed by atoms with Gasteiger partial charge in [-0.05, 0) is 81.3 Å². The van der Waals surface area contributed by atoms with Crippen molar-refractivity contribution in [3.05, 3.63) is 76.2 Å². The van der Waals surface area contributed by atoms with Gasteiger partial charge in [0.2, 0.25) is 0 Å². The van der Waals surface area contributed by atoms with Gasteiger partial charge in [0.05, 0.1) is 23.5 Å². The Morgan fingerprint density at radius 3 is 2.39 bits per heavy atom. The predicted molar refractivity (Wildman–Crippen MR) is 141 cm³/mol. The number of carbonyl (C=O) groups is 2. The molecule has 0 bridgehead atoms. The summed E-state index contributed by atoms with van der Waals surface area (Å²) in [5.74, 6) is -1.57. The van der Waals surface area contributed by atoms with Gasteiger partial charge in [0.25, 0.3) is 0 Å². The summed E-state index contributed by atoms with van der Waals surface area (Å²) in [4.78, 5) is 28.3. The second-order valence-electron chi connectivity index (χ2n) is 9.72. The van der Waals surface area contributed by atoms with Crippen LogP contribution in [0.25, 0.3) is 11.3 Å². The lowest BCUT2D eigenvalue weighted by molar-refractivity contribution is -0.139. The summed E-state index contributed by atoms with van der Waals surface area (Å²) in [6, 6.07) is 12.1. The Morgan fingerprint density at radius 2 is 1.79 bits per heavy atom. The van der Waals surface area contributed by atoms with Crippen LogP contribution in [0.1, 0.15) is 55.2 Å². The molecule has 10 heteroatoms. The number of aromatic nitrogens is 1. The SMILES string of the molecule is COc1cc(C(=O)CCC(C)(O)c2cc(C(C)(C)N)cc(-c3ccc(F)c(Cl)c3)n2)ccc1OCC(=O)O. The average molecular weight is 545 g/mol. The van der Waals surface area contributed by atoms with E-state index in [1.165, 1.54) is 43.5 Å². The van der Waals surface area contributed by atoms with Crippen LogP contribution in [-0.4, -0.2) is 40.7 Å². The van der Waals surface area contributed by atoms with E-state index in [-0.39, 0.29) is 35.1 Å². The molecule has 1 aromatic heterocycles. The monoisotopic (exact) mass is 544 g/mol. The Balaban J connectivity index is 1.87. The Labute approximate surface area is 225 Å². The van der Waals surface area contributed by atoms with Gasteiger partial charge in [-0.2, -0.15) is 0 Å². The number of hydrogen-bond donors (Lipinski definition) is 3. The zero-order chi connectivity index (χ0) is 28.3. The summed E-state index contributed by atoms with van der Waals surface area (Å²) in [5, 5.41) is 20.1. The van der Waals surface area contributed by atoms with Gasteiger partial charge in [-0.1, -0.05) is 11.6 Å². The molecule has 1 unspecified atom stereocenters. The Kier molecular flexibility index (Phi) is 8.76. The fourth-order valence-corrected chi connectivity index (χ4v) is 3.89. The normalized spacial score (nSPS) is 13.1. The van der Waals surface area contributed by atoms with Crippen LogP contribution in [0.3, 0.4) is 0 Å². The highest BCUT2D eigenvalue weighted by molar-refractivity contribution is 6.31. The van der Waals surface area contributed by atoms with Crippen molar-refractivity contribution in [3.8, 4) is 22.8 Å². The number of benzene rings is 2. The molecule has 0 aliphatic heterocycles. The highest BCUT2D eigenvalue weighted by Gasteiger charge is 2.29. The van der Waals surface area contributed by atoms with Gasteiger partial charge >= 0.3 is 5.97 Å². The summed E-state index contributed by atoms with van der Waals surface area (Å²) < 4.78 is 24.1.